The molecule has 1 heterocycles. The van der Waals surface area contributed by atoms with Crippen molar-refractivity contribution in [2.75, 3.05) is 0 Å². The molecule has 2 nitrogen and oxygen atoms in total. The Morgan fingerprint density at radius 2 is 2.55 bits per heavy atom. The van der Waals surface area contributed by atoms with Gasteiger partial charge < -0.3 is 0 Å². The minimum atomic E-state index is -1.48. The van der Waals surface area contributed by atoms with Crippen molar-refractivity contribution in [1.29, 1.82) is 0 Å². The zero-order valence-corrected chi connectivity index (χ0v) is 10.1. The van der Waals surface area contributed by atoms with Gasteiger partial charge in [-0.05, 0) is 0 Å². The molecule has 1 rings (SSSR count). The molecule has 0 aromatic carbocycles. The fourth-order valence-corrected chi connectivity index (χ4v) is 7.91. The molecule has 0 amide bonds. The van der Waals surface area contributed by atoms with Gasteiger partial charge in [-0.1, -0.05) is 0 Å². The Morgan fingerprint density at radius 3 is 3.09 bits per heavy atom. The zero-order chi connectivity index (χ0) is 8.27. The van der Waals surface area contributed by atoms with Gasteiger partial charge in [0.1, 0.15) is 0 Å². The Hall–Kier alpha value is 0.0801. The number of carbonyl (C=O) groups is 1. The third-order valence-corrected chi connectivity index (χ3v) is 10.7. The van der Waals surface area contributed by atoms with Crippen LogP contribution in [-0.4, -0.2) is 32.5 Å². The topological polar surface area (TPSA) is 37.3 Å². The van der Waals surface area contributed by atoms with Crippen molar-refractivity contribution in [2.45, 2.75) is 27.6 Å². The Bertz CT molecular complexity index is 177. The quantitative estimate of drug-likeness (QED) is 0.818. The number of hydrogen-bond acceptors (Lipinski definition) is 1. The van der Waals surface area contributed by atoms with Gasteiger partial charge in [0, 0.05) is 0 Å². The summed E-state index contributed by atoms with van der Waals surface area (Å²) in [4.78, 5) is 10.4. The summed E-state index contributed by atoms with van der Waals surface area (Å²) in [7, 11) is 0. The third-order valence-electron chi connectivity index (χ3n) is 2.32. The molecule has 3 heteroatoms. The number of aliphatic carboxylic acids is 1. The van der Waals surface area contributed by atoms with Crippen molar-refractivity contribution >= 4 is 27.4 Å². The van der Waals surface area contributed by atoms with Crippen LogP contribution in [0.2, 0.25) is 8.35 Å². The van der Waals surface area contributed by atoms with Crippen molar-refractivity contribution in [3.05, 3.63) is 9.91 Å². The number of carboxylic acid groups (broad SMARTS) is 1. The van der Waals surface area contributed by atoms with Crippen LogP contribution in [-0.2, 0) is 4.79 Å². The van der Waals surface area contributed by atoms with Gasteiger partial charge in [-0.3, -0.25) is 0 Å². The molecular weight excluding hydrogens is 243 g/mol. The van der Waals surface area contributed by atoms with Gasteiger partial charge in [-0.2, -0.15) is 0 Å². The van der Waals surface area contributed by atoms with E-state index in [4.69, 9.17) is 5.11 Å². The molecule has 0 spiro atoms. The maximum atomic E-state index is 10.4. The molecular formula is C8H13InO2. The Kier molecular flexibility index (Phi) is 3.49. The van der Waals surface area contributed by atoms with Gasteiger partial charge in [0.05, 0.1) is 0 Å². The first-order chi connectivity index (χ1) is 5.20. The fraction of sp³-hybridized carbons (Fsp3) is 0.625. The van der Waals surface area contributed by atoms with Gasteiger partial charge in [0.15, 0.2) is 0 Å². The van der Waals surface area contributed by atoms with Crippen LogP contribution in [0.25, 0.3) is 0 Å². The molecule has 0 radical (unpaired) electrons. The van der Waals surface area contributed by atoms with Crippen molar-refractivity contribution in [3.8, 4) is 0 Å². The first-order valence-corrected chi connectivity index (χ1v) is 11.2. The summed E-state index contributed by atoms with van der Waals surface area (Å²) in [6, 6.07) is 0. The summed E-state index contributed by atoms with van der Waals surface area (Å²) in [5, 5.41) is 8.59. The molecule has 1 aliphatic rings. The van der Waals surface area contributed by atoms with E-state index in [0.717, 1.165) is 12.8 Å². The summed E-state index contributed by atoms with van der Waals surface area (Å²) in [6.07, 6.45) is 4.87. The van der Waals surface area contributed by atoms with Crippen LogP contribution in [0, 0.1) is 0 Å². The van der Waals surface area contributed by atoms with Crippen molar-refractivity contribution < 1.29 is 9.90 Å². The summed E-state index contributed by atoms with van der Waals surface area (Å²) in [5.74, 6) is -0.617. The molecule has 0 aromatic heterocycles. The van der Waals surface area contributed by atoms with Gasteiger partial charge in [0.2, 0.25) is 0 Å². The van der Waals surface area contributed by atoms with E-state index in [1.165, 1.54) is 0 Å². The SMILES string of the molecule is [CH3][In]1[CH]=CCC[CH]1CC(=O)O. The van der Waals surface area contributed by atoms with E-state index in [9.17, 15) is 4.79 Å². The van der Waals surface area contributed by atoms with Crippen LogP contribution in [0.1, 0.15) is 19.3 Å². The molecule has 11 heavy (non-hydrogen) atoms. The van der Waals surface area contributed by atoms with Crippen LogP contribution in [0.3, 0.4) is 0 Å². The summed E-state index contributed by atoms with van der Waals surface area (Å²) in [6.45, 7) is 0. The predicted molar refractivity (Wildman–Crippen MR) is 46.0 cm³/mol. The van der Waals surface area contributed by atoms with Crippen molar-refractivity contribution in [1.82, 2.24) is 0 Å². The standard InChI is InChI=1S/C7H10O2.CH3.In/c1-2-3-4-5-6-7(8)9;;/h1-2,5H,3-4,6H2,(H,8,9);1H3;. The van der Waals surface area contributed by atoms with Gasteiger partial charge in [0.25, 0.3) is 0 Å². The number of hydrogen-bond donors (Lipinski definition) is 1. The second-order valence-corrected chi connectivity index (χ2v) is 11.9. The Labute approximate surface area is 74.8 Å². The van der Waals surface area contributed by atoms with E-state index in [1.807, 2.05) is 0 Å². The monoisotopic (exact) mass is 256 g/mol. The van der Waals surface area contributed by atoms with E-state index in [2.05, 4.69) is 14.6 Å². The molecule has 1 aliphatic heterocycles. The molecule has 0 saturated carbocycles. The van der Waals surface area contributed by atoms with Crippen LogP contribution in [0.4, 0.5) is 0 Å². The average molecular weight is 256 g/mol. The van der Waals surface area contributed by atoms with E-state index < -0.39 is 27.4 Å². The average Bonchev–Trinajstić information content (AvgIpc) is 1.93. The second kappa shape index (κ2) is 4.19. The van der Waals surface area contributed by atoms with Gasteiger partial charge in [-0.15, -0.1) is 0 Å². The van der Waals surface area contributed by atoms with E-state index in [1.54, 1.807) is 0 Å². The molecule has 0 saturated heterocycles. The minimum absolute atomic E-state index is 0.418. The van der Waals surface area contributed by atoms with E-state index in [0.29, 0.717) is 10.1 Å². The predicted octanol–water partition coefficient (Wildman–Crippen LogP) is 1.85. The molecule has 0 aromatic rings. The zero-order valence-electron chi connectivity index (χ0n) is 6.79. The van der Waals surface area contributed by atoms with Crippen LogP contribution in [0.15, 0.2) is 9.91 Å². The Morgan fingerprint density at radius 1 is 1.82 bits per heavy atom. The first kappa shape index (κ1) is 9.17. The molecule has 0 fully saturated rings. The molecule has 1 atom stereocenters. The molecule has 1 N–H and O–H groups in total. The fourth-order valence-electron chi connectivity index (χ4n) is 1.55. The van der Waals surface area contributed by atoms with Crippen LogP contribution in [0.5, 0.6) is 0 Å². The normalized spacial score (nSPS) is 23.7. The van der Waals surface area contributed by atoms with Crippen molar-refractivity contribution in [2.24, 2.45) is 0 Å². The summed E-state index contributed by atoms with van der Waals surface area (Å²) in [5.41, 5.74) is 0. The number of rotatable bonds is 2. The molecule has 60 valence electrons. The molecule has 0 aliphatic carbocycles. The number of carboxylic acids is 1. The first-order valence-electron chi connectivity index (χ1n) is 4.08. The van der Waals surface area contributed by atoms with E-state index in [-0.39, 0.29) is 0 Å². The molecule has 0 bridgehead atoms. The van der Waals surface area contributed by atoms with Crippen molar-refractivity contribution in [3.63, 3.8) is 0 Å². The summed E-state index contributed by atoms with van der Waals surface area (Å²) < 4.78 is 5.20. The second-order valence-electron chi connectivity index (χ2n) is 3.22. The number of allylic oxidation sites excluding steroid dienone is 1. The molecule has 1 unspecified atom stereocenters. The van der Waals surface area contributed by atoms with E-state index >= 15 is 0 Å². The van der Waals surface area contributed by atoms with Gasteiger partial charge in [-0.25, -0.2) is 0 Å². The Balaban J connectivity index is 2.45. The van der Waals surface area contributed by atoms with Crippen LogP contribution < -0.4 is 0 Å². The maximum absolute atomic E-state index is 10.4. The van der Waals surface area contributed by atoms with Crippen LogP contribution >= 0.6 is 0 Å². The third kappa shape index (κ3) is 2.89. The summed E-state index contributed by atoms with van der Waals surface area (Å²) >= 11 is -1.48. The van der Waals surface area contributed by atoms with Gasteiger partial charge >= 0.3 is 74.8 Å².